The summed E-state index contributed by atoms with van der Waals surface area (Å²) >= 11 is 20.3. The number of benzene rings is 3. The second kappa shape index (κ2) is 13.8. The molecule has 0 radical (unpaired) electrons. The van der Waals surface area contributed by atoms with E-state index in [-0.39, 0.29) is 24.1 Å². The first kappa shape index (κ1) is 27.4. The lowest BCUT2D eigenvalue weighted by Gasteiger charge is -2.32. The van der Waals surface area contributed by atoms with Gasteiger partial charge in [-0.25, -0.2) is 0 Å². The van der Waals surface area contributed by atoms with Gasteiger partial charge >= 0.3 is 0 Å². The second-order valence-corrected chi connectivity index (χ2v) is 10.2. The first-order chi connectivity index (χ1) is 16.9. The summed E-state index contributed by atoms with van der Waals surface area (Å²) in [7, 11) is 0. The Morgan fingerprint density at radius 2 is 1.54 bits per heavy atom. The maximum Gasteiger partial charge on any atom is 0.243 e. The fourth-order valence-corrected chi connectivity index (χ4v) is 5.13. The van der Waals surface area contributed by atoms with Crippen molar-refractivity contribution >= 4 is 58.4 Å². The number of carbonyl (C=O) groups is 2. The topological polar surface area (TPSA) is 49.4 Å². The minimum Gasteiger partial charge on any atom is -0.355 e. The molecule has 0 bridgehead atoms. The van der Waals surface area contributed by atoms with Crippen LogP contribution in [-0.2, 0) is 28.3 Å². The molecule has 3 rings (SSSR count). The molecular formula is C27H27Cl3N2O2S. The third-order valence-corrected chi connectivity index (χ3v) is 7.37. The van der Waals surface area contributed by atoms with Crippen LogP contribution in [0.15, 0.2) is 72.8 Å². The van der Waals surface area contributed by atoms with E-state index in [9.17, 15) is 9.59 Å². The first-order valence-electron chi connectivity index (χ1n) is 11.2. The SMILES string of the molecule is CCNC(=O)[C@H](Cc1ccccc1)N(Cc1c(Cl)cccc1Cl)C(=O)CSCc1ccc(Cl)cc1. The maximum absolute atomic E-state index is 13.6. The van der Waals surface area contributed by atoms with Gasteiger partial charge in [-0.3, -0.25) is 9.59 Å². The molecule has 0 aliphatic rings. The number of hydrogen-bond acceptors (Lipinski definition) is 3. The minimum atomic E-state index is -0.715. The zero-order chi connectivity index (χ0) is 25.2. The van der Waals surface area contributed by atoms with Gasteiger partial charge in [0.05, 0.1) is 5.75 Å². The number of halogens is 3. The Bertz CT molecular complexity index is 1110. The molecule has 0 saturated carbocycles. The Balaban J connectivity index is 1.86. The van der Waals surface area contributed by atoms with Crippen LogP contribution in [-0.4, -0.2) is 35.1 Å². The molecule has 0 aromatic heterocycles. The van der Waals surface area contributed by atoms with Crippen LogP contribution in [0.4, 0.5) is 0 Å². The molecule has 1 atom stereocenters. The molecule has 0 spiro atoms. The Hall–Kier alpha value is -2.18. The average molecular weight is 550 g/mol. The number of amides is 2. The normalized spacial score (nSPS) is 11.7. The van der Waals surface area contributed by atoms with Gasteiger partial charge in [0.25, 0.3) is 0 Å². The van der Waals surface area contributed by atoms with Crippen molar-refractivity contribution in [1.82, 2.24) is 10.2 Å². The van der Waals surface area contributed by atoms with Crippen LogP contribution in [0.2, 0.25) is 15.1 Å². The highest BCUT2D eigenvalue weighted by atomic mass is 35.5. The summed E-state index contributed by atoms with van der Waals surface area (Å²) in [6.45, 7) is 2.45. The van der Waals surface area contributed by atoms with Crippen LogP contribution >= 0.6 is 46.6 Å². The Kier molecular flexibility index (Phi) is 10.8. The maximum atomic E-state index is 13.6. The smallest absolute Gasteiger partial charge is 0.243 e. The quantitative estimate of drug-likeness (QED) is 0.291. The summed E-state index contributed by atoms with van der Waals surface area (Å²) in [5, 5.41) is 4.47. The van der Waals surface area contributed by atoms with Crippen molar-refractivity contribution in [3.8, 4) is 0 Å². The largest absolute Gasteiger partial charge is 0.355 e. The molecule has 3 aromatic rings. The standard InChI is InChI=1S/C27H27Cl3N2O2S/c1-2-31-27(34)25(15-19-7-4-3-5-8-19)32(16-22-23(29)9-6-10-24(22)30)26(33)18-35-17-20-11-13-21(28)14-12-20/h3-14,25H,2,15-18H2,1H3,(H,31,34)/t25-/m0/s1. The summed E-state index contributed by atoms with van der Waals surface area (Å²) in [5.41, 5.74) is 2.65. The number of nitrogens with one attached hydrogen (secondary N) is 1. The predicted molar refractivity (Wildman–Crippen MR) is 147 cm³/mol. The van der Waals surface area contributed by atoms with E-state index in [1.165, 1.54) is 11.8 Å². The van der Waals surface area contributed by atoms with Crippen molar-refractivity contribution in [3.05, 3.63) is 105 Å². The number of thioether (sulfide) groups is 1. The van der Waals surface area contributed by atoms with E-state index in [0.717, 1.165) is 11.1 Å². The van der Waals surface area contributed by atoms with Gasteiger partial charge in [-0.2, -0.15) is 0 Å². The molecule has 0 saturated heterocycles. The highest BCUT2D eigenvalue weighted by Gasteiger charge is 2.31. The number of hydrogen-bond donors (Lipinski definition) is 1. The van der Waals surface area contributed by atoms with Crippen LogP contribution in [0, 0.1) is 0 Å². The van der Waals surface area contributed by atoms with Gasteiger partial charge in [0.1, 0.15) is 6.04 Å². The van der Waals surface area contributed by atoms with E-state index in [2.05, 4.69) is 5.32 Å². The van der Waals surface area contributed by atoms with Crippen molar-refractivity contribution in [2.24, 2.45) is 0 Å². The predicted octanol–water partition coefficient (Wildman–Crippen LogP) is 6.66. The zero-order valence-corrected chi connectivity index (χ0v) is 22.4. The number of likely N-dealkylation sites (N-methyl/N-ethyl adjacent to an activating group) is 1. The highest BCUT2D eigenvalue weighted by molar-refractivity contribution is 7.99. The van der Waals surface area contributed by atoms with Crippen LogP contribution < -0.4 is 5.32 Å². The zero-order valence-electron chi connectivity index (χ0n) is 19.3. The highest BCUT2D eigenvalue weighted by Crippen LogP contribution is 2.28. The fourth-order valence-electron chi connectivity index (χ4n) is 3.62. The number of carbonyl (C=O) groups excluding carboxylic acids is 2. The lowest BCUT2D eigenvalue weighted by molar-refractivity contribution is -0.139. The van der Waals surface area contributed by atoms with Crippen molar-refractivity contribution in [1.29, 1.82) is 0 Å². The van der Waals surface area contributed by atoms with Crippen molar-refractivity contribution in [2.75, 3.05) is 12.3 Å². The molecular weight excluding hydrogens is 523 g/mol. The van der Waals surface area contributed by atoms with E-state index < -0.39 is 6.04 Å². The van der Waals surface area contributed by atoms with Crippen molar-refractivity contribution < 1.29 is 9.59 Å². The first-order valence-corrected chi connectivity index (χ1v) is 13.5. The molecule has 1 N–H and O–H groups in total. The fraction of sp³-hybridized carbons (Fsp3) is 0.259. The van der Waals surface area contributed by atoms with E-state index in [1.54, 1.807) is 23.1 Å². The minimum absolute atomic E-state index is 0.132. The molecule has 0 unspecified atom stereocenters. The Morgan fingerprint density at radius 1 is 0.886 bits per heavy atom. The van der Waals surface area contributed by atoms with Crippen molar-refractivity contribution in [2.45, 2.75) is 31.7 Å². The van der Waals surface area contributed by atoms with E-state index in [1.807, 2.05) is 61.5 Å². The summed E-state index contributed by atoms with van der Waals surface area (Å²) in [6.07, 6.45) is 0.377. The summed E-state index contributed by atoms with van der Waals surface area (Å²) < 4.78 is 0. The molecule has 35 heavy (non-hydrogen) atoms. The van der Waals surface area contributed by atoms with Gasteiger partial charge in [-0.15, -0.1) is 11.8 Å². The van der Waals surface area contributed by atoms with E-state index >= 15 is 0 Å². The van der Waals surface area contributed by atoms with Crippen LogP contribution in [0.3, 0.4) is 0 Å². The molecule has 2 amide bonds. The molecule has 4 nitrogen and oxygen atoms in total. The molecule has 0 aliphatic carbocycles. The van der Waals surface area contributed by atoms with Crippen LogP contribution in [0.5, 0.6) is 0 Å². The van der Waals surface area contributed by atoms with Gasteiger partial charge in [0.15, 0.2) is 0 Å². The van der Waals surface area contributed by atoms with Crippen molar-refractivity contribution in [3.63, 3.8) is 0 Å². The molecule has 0 aliphatic heterocycles. The summed E-state index contributed by atoms with van der Waals surface area (Å²) in [4.78, 5) is 28.4. The van der Waals surface area contributed by atoms with Gasteiger partial charge in [-0.1, -0.05) is 83.3 Å². The monoisotopic (exact) mass is 548 g/mol. The van der Waals surface area contributed by atoms with E-state index in [0.29, 0.717) is 39.3 Å². The van der Waals surface area contributed by atoms with E-state index in [4.69, 9.17) is 34.8 Å². The average Bonchev–Trinajstić information content (AvgIpc) is 2.85. The molecule has 0 fully saturated rings. The molecule has 8 heteroatoms. The molecule has 3 aromatic carbocycles. The van der Waals surface area contributed by atoms with Gasteiger partial charge in [0, 0.05) is 45.9 Å². The number of nitrogens with zero attached hydrogens (tertiary/aromatic N) is 1. The lowest BCUT2D eigenvalue weighted by Crippen LogP contribution is -2.51. The number of rotatable bonds is 11. The molecule has 184 valence electrons. The summed E-state index contributed by atoms with van der Waals surface area (Å²) in [6, 6.07) is 21.7. The van der Waals surface area contributed by atoms with Crippen LogP contribution in [0.25, 0.3) is 0 Å². The third kappa shape index (κ3) is 8.18. The third-order valence-electron chi connectivity index (χ3n) is 5.42. The summed E-state index contributed by atoms with van der Waals surface area (Å²) in [5.74, 6) is 0.478. The molecule has 0 heterocycles. The lowest BCUT2D eigenvalue weighted by atomic mass is 10.0. The Morgan fingerprint density at radius 3 is 2.17 bits per heavy atom. The van der Waals surface area contributed by atoms with Crippen LogP contribution in [0.1, 0.15) is 23.6 Å². The van der Waals surface area contributed by atoms with Gasteiger partial charge in [0.2, 0.25) is 11.8 Å². The second-order valence-electron chi connectivity index (χ2n) is 7.94. The van der Waals surface area contributed by atoms with Gasteiger partial charge < -0.3 is 10.2 Å². The van der Waals surface area contributed by atoms with Gasteiger partial charge in [-0.05, 0) is 42.3 Å². The Labute approximate surface area is 225 Å².